The Morgan fingerprint density at radius 3 is 1.39 bits per heavy atom. The number of carboxylic acids is 1. The molecule has 148 heavy (non-hydrogen) atoms. The smallest absolute Gasteiger partial charge is 0.335 e. The van der Waals surface area contributed by atoms with E-state index in [2.05, 4.69) is 195 Å². The average Bonchev–Trinajstić information content (AvgIpc) is 0.670. The highest BCUT2D eigenvalue weighted by Gasteiger charge is 2.76. The fourth-order valence-electron chi connectivity index (χ4n) is 33.2. The first-order valence-electron chi connectivity index (χ1n) is 55.5. The predicted octanol–water partition coefficient (Wildman–Crippen LogP) is 14.0. The van der Waals surface area contributed by atoms with Crippen LogP contribution in [0.15, 0.2) is 23.3 Å². The highest BCUT2D eigenvalue weighted by molar-refractivity contribution is 8.51. The number of carbonyl (C=O) groups excluding carboxylic acids is 5. The van der Waals surface area contributed by atoms with E-state index in [1.54, 1.807) is 13.8 Å². The molecule has 10 N–H and O–H groups in total. The number of rotatable bonds is 27. The minimum Gasteiger partial charge on any atom is -0.479 e. The number of aliphatic carboxylic acids is 1. The molecule has 48 atom stereocenters. The number of Topliss-reactive ketones (excluding diaryl/α,β-unsaturated/α-hetero) is 3. The molecule has 0 amide bonds. The van der Waals surface area contributed by atoms with Gasteiger partial charge in [0.05, 0.1) is 78.1 Å². The van der Waals surface area contributed by atoms with Gasteiger partial charge in [0.1, 0.15) is 97.4 Å². The van der Waals surface area contributed by atoms with E-state index in [4.69, 9.17) is 61.6 Å². The van der Waals surface area contributed by atoms with Crippen LogP contribution in [0.5, 0.6) is 0 Å². The molecular formula is C112H180O29S7. The van der Waals surface area contributed by atoms with Gasteiger partial charge in [-0.05, 0) is 244 Å². The van der Waals surface area contributed by atoms with Gasteiger partial charge in [-0.2, -0.15) is 0 Å². The van der Waals surface area contributed by atoms with E-state index < -0.39 is 193 Å². The maximum absolute atomic E-state index is 14.7. The van der Waals surface area contributed by atoms with E-state index in [1.165, 1.54) is 35.2 Å². The summed E-state index contributed by atoms with van der Waals surface area (Å²) >= 11 is 16.9. The van der Waals surface area contributed by atoms with Crippen molar-refractivity contribution in [3.8, 4) is 0 Å². The van der Waals surface area contributed by atoms with E-state index in [9.17, 15) is 79.8 Å². The normalized spacial score (nSPS) is 49.7. The lowest BCUT2D eigenvalue weighted by atomic mass is 9.33. The average molecular weight is 2220 g/mol. The van der Waals surface area contributed by atoms with Crippen LogP contribution in [0.1, 0.15) is 320 Å². The van der Waals surface area contributed by atoms with Crippen molar-refractivity contribution < 1.29 is 141 Å². The fourth-order valence-corrected chi connectivity index (χ4v) is 33.2. The van der Waals surface area contributed by atoms with Crippen LogP contribution in [0, 0.1) is 142 Å². The quantitative estimate of drug-likeness (QED) is 0.0207. The van der Waals surface area contributed by atoms with Crippen molar-refractivity contribution in [2.75, 3.05) is 26.9 Å². The molecule has 0 aromatic heterocycles. The number of ether oxygens (including phenoxy) is 13. The van der Waals surface area contributed by atoms with Gasteiger partial charge in [-0.1, -0.05) is 188 Å². The van der Waals surface area contributed by atoms with Gasteiger partial charge in [0, 0.05) is 109 Å². The number of carboxylic acid groups (broad SMARTS) is 1. The molecule has 0 bridgehead atoms. The molecule has 6 saturated heterocycles. The van der Waals surface area contributed by atoms with Gasteiger partial charge in [0.2, 0.25) is 0 Å². The maximum Gasteiger partial charge on any atom is 0.335 e. The second-order valence-corrected chi connectivity index (χ2v) is 56.9. The first kappa shape index (κ1) is 123. The third kappa shape index (κ3) is 21.8. The summed E-state index contributed by atoms with van der Waals surface area (Å²) in [6.07, 6.45) is -6.16. The van der Waals surface area contributed by atoms with Crippen molar-refractivity contribution in [1.29, 1.82) is 0 Å². The summed E-state index contributed by atoms with van der Waals surface area (Å²) in [7, 11) is 5.12. The molecule has 0 aromatic carbocycles. The molecule has 0 radical (unpaired) electrons. The summed E-state index contributed by atoms with van der Waals surface area (Å²) in [5.74, 6) is 0.277. The van der Waals surface area contributed by atoms with E-state index >= 15 is 0 Å². The number of aldehydes is 2. The highest BCUT2D eigenvalue weighted by atomic mass is 33.2. The van der Waals surface area contributed by atoms with Crippen molar-refractivity contribution in [3.05, 3.63) is 23.3 Å². The molecule has 844 valence electrons. The second-order valence-electron chi connectivity index (χ2n) is 51.6. The number of fused-ring (bicyclic) bond motifs is 14. The third-order valence-corrected chi connectivity index (χ3v) is 45.4. The van der Waals surface area contributed by atoms with Gasteiger partial charge in [-0.3, -0.25) is 14.4 Å². The number of aliphatic hydroxyl groups is 9. The predicted molar refractivity (Wildman–Crippen MR) is 572 cm³/mol. The van der Waals surface area contributed by atoms with Gasteiger partial charge in [-0.25, -0.2) is 4.79 Å². The topological polar surface area (TPSA) is 425 Å². The van der Waals surface area contributed by atoms with Crippen molar-refractivity contribution in [2.45, 2.75) is 473 Å². The summed E-state index contributed by atoms with van der Waals surface area (Å²) in [6, 6.07) is 0. The first-order valence-corrected chi connectivity index (χ1v) is 62.1. The largest absolute Gasteiger partial charge is 0.479 e. The molecule has 8 saturated carbocycles. The molecule has 18 unspecified atom stereocenters. The van der Waals surface area contributed by atoms with Crippen LogP contribution in [-0.2, 0) is 162 Å². The molecule has 10 aliphatic carbocycles. The summed E-state index contributed by atoms with van der Waals surface area (Å²) in [4.78, 5) is 83.8. The summed E-state index contributed by atoms with van der Waals surface area (Å²) < 4.78 is 84.7. The number of allylic oxidation sites excluding steroid dienone is 4. The number of hydrogen-bond acceptors (Lipinski definition) is 32. The number of hydrogen-bond donors (Lipinski definition) is 10. The second kappa shape index (κ2) is 48.1. The van der Waals surface area contributed by atoms with E-state index in [1.807, 2.05) is 14.0 Å². The molecule has 0 spiro atoms. The van der Waals surface area contributed by atoms with Gasteiger partial charge in [0.15, 0.2) is 49.6 Å². The van der Waals surface area contributed by atoms with E-state index in [-0.39, 0.29) is 110 Å². The molecule has 16 aliphatic rings. The molecule has 6 aliphatic heterocycles. The SMILES string of the molecule is CCCCC(=O)[C@]12CCC(C)(C)CC1C1=CCC3C4(C)CC[C@H](O[C@@H]5OC(C(=O)O)[C@@H](O)[C@H](O[C@@H]6OC[C@@H](O)[C@H](O)C6O)C5O[C@@H]5OC(CO)[C@H](O)[C@H](O)C5O)[C@](C)(C=O)[C@@H]4CC[C@]3(C)[C@]1(C)CC2O.CCCCC(=O)[C@]12CCC(C)(C)CC1C1=CCC3C4(C)CC[C@H](O[C@@H]5OC(C(C)=O)[C@@H](C)[C@H](O[C@@H]6OC[C@@H](C)[C@H](C)C6C)C5O[C@@H]5OC(CC)[C@H](C)[C@H](C)C5C)[C@](C)(C=O)[C@@H]4CC[C@]3(C)[C@]1(C)CC2OC.S=S=S.S=S=S=S. The van der Waals surface area contributed by atoms with Crippen molar-refractivity contribution >= 4 is 107 Å². The Hall–Kier alpha value is -2.04. The summed E-state index contributed by atoms with van der Waals surface area (Å²) in [5.41, 5.74) is -2.20. The zero-order chi connectivity index (χ0) is 109. The summed E-state index contributed by atoms with van der Waals surface area (Å²) in [5, 5.41) is 108. The molecule has 14 fully saturated rings. The number of carbonyl (C=O) groups is 6. The third-order valence-electron chi connectivity index (χ3n) is 43.2. The van der Waals surface area contributed by atoms with Gasteiger partial charge in [0.25, 0.3) is 0 Å². The van der Waals surface area contributed by atoms with Crippen molar-refractivity contribution in [1.82, 2.24) is 0 Å². The molecule has 29 nitrogen and oxygen atoms in total. The van der Waals surface area contributed by atoms with Gasteiger partial charge in [-0.15, -0.1) is 0 Å². The Labute approximate surface area is 907 Å². The minimum atomic E-state index is -2.13. The first-order chi connectivity index (χ1) is 69.5. The Bertz CT molecular complexity index is 4810. The molecular weight excluding hydrogens is 2030 g/mol. The Morgan fingerprint density at radius 2 is 0.899 bits per heavy atom. The lowest BCUT2D eigenvalue weighted by Gasteiger charge is -2.72. The zero-order valence-electron chi connectivity index (χ0n) is 92.1. The lowest BCUT2D eigenvalue weighted by molar-refractivity contribution is -0.391. The van der Waals surface area contributed by atoms with E-state index in [0.717, 1.165) is 111 Å². The maximum atomic E-state index is 14.7. The monoisotopic (exact) mass is 2210 g/mol. The Balaban J connectivity index is 0.000000233. The number of unbranched alkanes of at least 4 members (excludes halogenated alkanes) is 2. The number of methoxy groups -OCH3 is 1. The van der Waals surface area contributed by atoms with Crippen LogP contribution in [0.4, 0.5) is 0 Å². The fraction of sp³-hybridized carbons (Fsp3) is 0.911. The van der Waals surface area contributed by atoms with Crippen LogP contribution in [-0.4, -0.2) is 268 Å². The molecule has 0 aromatic rings. The van der Waals surface area contributed by atoms with Crippen LogP contribution in [0.25, 0.3) is 0 Å². The lowest BCUT2D eigenvalue weighted by Crippen LogP contribution is -2.69. The Morgan fingerprint density at radius 1 is 0.446 bits per heavy atom. The van der Waals surface area contributed by atoms with E-state index in [0.29, 0.717) is 99.8 Å². The van der Waals surface area contributed by atoms with Crippen molar-refractivity contribution in [2.24, 2.45) is 142 Å². The molecule has 16 rings (SSSR count). The minimum absolute atomic E-state index is 0.0177. The number of ketones is 3. The van der Waals surface area contributed by atoms with Gasteiger partial charge >= 0.3 is 5.97 Å². The van der Waals surface area contributed by atoms with Crippen LogP contribution in [0.3, 0.4) is 0 Å². The standard InChI is InChI=1S/C61H100O10.C51H80O19.S4.S3/c1-18-20-21-47(64)61-29-28-56(11,12)30-43(61)42-22-23-46-57(13)26-25-48(58(14,33-62)45(57)24-27-59(46,15)60(42,16)31-49(61)65-17)68-55-52(71-54-39(8)36(5)37(6)44(19-2)67-54)51(40(9)50(69-55)41(10)63)70-53-38(7)35(4)34(3)32-66-53;1-8-9-10-30(55)51-18-17-46(2,3)19-25(51)24-11-12-29-47(4)15-14-32(48(5,23-53)28(47)13-16-49(29,6)50(24,7)20-31(51)56)67-45-41(70-44-37(61)35(59)34(58)27(21-52)66-44)39(38(62)40(69-45)42(63)64)68-43-36(60)33(57)26(54)22-65-43;1-3-4-2;1-3-2/h22,33-40,43-46,48-55H,18-21,23-32H2,1-17H3;11,23,25-29,31-41,43-45,52,54,56-62H,8-10,12-22H2,1-7H3,(H,63,64);;/t34-,35+,36+,37-,38?,39?,40-,43?,44?,45-,46?,48+,49?,50?,51+,52?,53+,54+,55-,57?,58-,59+,60-,61+;25?,26-,27?,28-,29?,31?,32+,33+,34+,35+,36?,37?,38+,39+,40?,41?,43+,44+,45-,47?,48-,49+,50-,51+;;/m11../s1. The summed E-state index contributed by atoms with van der Waals surface area (Å²) in [6.45, 7) is 50.5. The van der Waals surface area contributed by atoms with Crippen LogP contribution >= 0.6 is 0 Å². The zero-order valence-corrected chi connectivity index (χ0v) is 97.8. The van der Waals surface area contributed by atoms with Crippen LogP contribution < -0.4 is 0 Å². The molecule has 6 heterocycles. The number of aliphatic hydroxyl groups excluding tert-OH is 9. The Kier molecular flexibility index (Phi) is 39.9. The highest BCUT2D eigenvalue weighted by Crippen LogP contribution is 2.79. The van der Waals surface area contributed by atoms with Gasteiger partial charge < -0.3 is 122 Å². The van der Waals surface area contributed by atoms with Crippen LogP contribution in [0.2, 0.25) is 0 Å². The molecule has 36 heteroatoms. The van der Waals surface area contributed by atoms with Crippen molar-refractivity contribution in [3.63, 3.8) is 0 Å².